The van der Waals surface area contributed by atoms with Crippen molar-refractivity contribution < 1.29 is 38.2 Å². The highest BCUT2D eigenvalue weighted by Crippen LogP contribution is 2.28. The summed E-state index contributed by atoms with van der Waals surface area (Å²) in [5.41, 5.74) is 3.07. The molecule has 3 atom stereocenters. The number of ether oxygens (including phenoxy) is 3. The van der Waals surface area contributed by atoms with Crippen molar-refractivity contribution in [1.82, 2.24) is 36.8 Å². The summed E-state index contributed by atoms with van der Waals surface area (Å²) in [6.45, 7) is 3.89. The molecule has 2 heterocycles. The number of carbonyl (C=O) groups excluding carboxylic acids is 5. The van der Waals surface area contributed by atoms with Crippen LogP contribution in [-0.4, -0.2) is 91.8 Å². The molecular weight excluding hydrogens is 731 g/mol. The Morgan fingerprint density at radius 1 is 0.860 bits per heavy atom. The number of fused-ring (bicyclic) bond motifs is 2. The number of aromatic nitrogens is 2. The lowest BCUT2D eigenvalue weighted by Crippen LogP contribution is -2.58. The van der Waals surface area contributed by atoms with Crippen molar-refractivity contribution in [2.24, 2.45) is 5.92 Å². The Balaban J connectivity index is 1.39. The van der Waals surface area contributed by atoms with Crippen LogP contribution < -0.4 is 40.8 Å². The Morgan fingerprint density at radius 3 is 2.33 bits per heavy atom. The number of benzene rings is 3. The molecule has 0 radical (unpaired) electrons. The minimum absolute atomic E-state index is 0.102. The summed E-state index contributed by atoms with van der Waals surface area (Å²) < 4.78 is 16.5. The van der Waals surface area contributed by atoms with Crippen molar-refractivity contribution in [3.05, 3.63) is 95.7 Å². The van der Waals surface area contributed by atoms with Crippen LogP contribution in [0.4, 0.5) is 0 Å². The molecule has 5 rings (SSSR count). The smallest absolute Gasteiger partial charge is 0.269 e. The minimum atomic E-state index is -1.13. The topological polar surface area (TPSA) is 202 Å². The zero-order valence-electron chi connectivity index (χ0n) is 32.7. The van der Waals surface area contributed by atoms with Gasteiger partial charge in [-0.15, -0.1) is 0 Å². The van der Waals surface area contributed by atoms with Gasteiger partial charge >= 0.3 is 0 Å². The highest BCUT2D eigenvalue weighted by molar-refractivity contribution is 5.98. The molecule has 0 aliphatic carbocycles. The van der Waals surface area contributed by atoms with Crippen molar-refractivity contribution in [3.8, 4) is 28.5 Å². The third-order valence-corrected chi connectivity index (χ3v) is 9.51. The lowest BCUT2D eigenvalue weighted by Gasteiger charge is -2.27. The van der Waals surface area contributed by atoms with E-state index in [0.29, 0.717) is 42.3 Å². The summed E-state index contributed by atoms with van der Waals surface area (Å²) in [7, 11) is 3.08. The number of rotatable bonds is 8. The van der Waals surface area contributed by atoms with Gasteiger partial charge in [-0.2, -0.15) is 5.10 Å². The molecule has 1 aromatic heterocycles. The lowest BCUT2D eigenvalue weighted by molar-refractivity contribution is -0.133. The molecule has 57 heavy (non-hydrogen) atoms. The van der Waals surface area contributed by atoms with Gasteiger partial charge < -0.3 is 40.8 Å². The van der Waals surface area contributed by atoms with Crippen LogP contribution in [0.25, 0.3) is 11.3 Å². The first kappa shape index (κ1) is 41.8. The molecule has 0 fully saturated rings. The Kier molecular flexibility index (Phi) is 15.0. The van der Waals surface area contributed by atoms with Crippen LogP contribution in [0.15, 0.2) is 78.9 Å². The molecule has 0 spiro atoms. The number of aromatic amines is 1. The van der Waals surface area contributed by atoms with Gasteiger partial charge in [0.25, 0.3) is 11.8 Å². The highest BCUT2D eigenvalue weighted by atomic mass is 16.5. The van der Waals surface area contributed by atoms with Crippen LogP contribution in [0.3, 0.4) is 0 Å². The van der Waals surface area contributed by atoms with E-state index in [1.807, 2.05) is 50.2 Å². The van der Waals surface area contributed by atoms with Gasteiger partial charge in [0.2, 0.25) is 17.7 Å². The molecule has 2 bridgehead atoms. The summed E-state index contributed by atoms with van der Waals surface area (Å²) in [5, 5.41) is 21.3. The van der Waals surface area contributed by atoms with Crippen LogP contribution in [0, 0.1) is 5.92 Å². The minimum Gasteiger partial charge on any atom is -0.497 e. The fourth-order valence-electron chi connectivity index (χ4n) is 6.30. The molecule has 1 aliphatic heterocycles. The van der Waals surface area contributed by atoms with Gasteiger partial charge in [0.15, 0.2) is 18.1 Å². The van der Waals surface area contributed by atoms with E-state index in [1.54, 1.807) is 49.6 Å². The fraction of sp³-hybridized carbons (Fsp3) is 0.381. The van der Waals surface area contributed by atoms with Crippen LogP contribution in [0.5, 0.6) is 17.2 Å². The molecule has 0 saturated carbocycles. The van der Waals surface area contributed by atoms with Crippen molar-refractivity contribution in [1.29, 1.82) is 0 Å². The quantitative estimate of drug-likeness (QED) is 0.155. The molecule has 6 N–H and O–H groups in total. The highest BCUT2D eigenvalue weighted by Gasteiger charge is 2.31. The summed E-state index contributed by atoms with van der Waals surface area (Å²) in [6.07, 6.45) is 1.71. The van der Waals surface area contributed by atoms with E-state index in [-0.39, 0.29) is 55.8 Å². The summed E-state index contributed by atoms with van der Waals surface area (Å²) >= 11 is 0. The SMILES string of the molecule is COc1ccc(-c2cc(C(=O)N[C@H]3CCCNC(=O)COc4cc(ccc4OC)CCCNC(=O)[C@@H](C(C)C)NC(=O)[C@H](Cc4ccccc4)NC3=O)[nH]n2)cc1. The van der Waals surface area contributed by atoms with Gasteiger partial charge in [0, 0.05) is 25.1 Å². The van der Waals surface area contributed by atoms with Crippen LogP contribution in [-0.2, 0) is 32.0 Å². The summed E-state index contributed by atoms with van der Waals surface area (Å²) in [6, 6.07) is 20.3. The van der Waals surface area contributed by atoms with E-state index in [0.717, 1.165) is 16.7 Å². The zero-order chi connectivity index (χ0) is 40.7. The van der Waals surface area contributed by atoms with Crippen molar-refractivity contribution in [2.45, 2.75) is 64.1 Å². The Hall–Kier alpha value is -6.38. The second-order valence-corrected chi connectivity index (χ2v) is 14.1. The number of hydrogen-bond acceptors (Lipinski definition) is 9. The average molecular weight is 782 g/mol. The standard InChI is InChI=1S/C42H51N7O8/c1-26(2)38-42(54)44-21-8-12-28-14-19-35(56-4)36(23-28)57-25-37(50)43-20-9-13-31(39(51)46-33(40(52)47-38)22-27-10-6-5-7-11-27)45-41(53)34-24-32(48-49-34)29-15-17-30(55-3)18-16-29/h5-7,10-11,14-19,23-24,26,31,33,38H,8-9,12-13,20-22,25H2,1-4H3,(H,43,50)(H,44,54)(H,45,53)(H,46,51)(H,47,52)(H,48,49)/t31-,33-,38+/m0/s1. The number of nitrogens with zero attached hydrogens (tertiary/aromatic N) is 1. The number of methoxy groups -OCH3 is 2. The van der Waals surface area contributed by atoms with E-state index in [9.17, 15) is 24.0 Å². The molecule has 4 aromatic rings. The predicted octanol–water partition coefficient (Wildman–Crippen LogP) is 3.10. The molecule has 5 amide bonds. The van der Waals surface area contributed by atoms with E-state index in [2.05, 4.69) is 36.8 Å². The van der Waals surface area contributed by atoms with Gasteiger partial charge in [0.1, 0.15) is 29.6 Å². The molecule has 15 heteroatoms. The summed E-state index contributed by atoms with van der Waals surface area (Å²) in [4.78, 5) is 68.0. The van der Waals surface area contributed by atoms with E-state index in [4.69, 9.17) is 14.2 Å². The molecule has 1 aliphatic rings. The van der Waals surface area contributed by atoms with Crippen LogP contribution in [0.2, 0.25) is 0 Å². The van der Waals surface area contributed by atoms with Crippen LogP contribution in [0.1, 0.15) is 54.7 Å². The van der Waals surface area contributed by atoms with E-state index in [1.165, 1.54) is 7.11 Å². The van der Waals surface area contributed by atoms with Gasteiger partial charge in [-0.3, -0.25) is 29.1 Å². The number of amides is 5. The van der Waals surface area contributed by atoms with Gasteiger partial charge in [-0.25, -0.2) is 0 Å². The number of nitrogens with one attached hydrogen (secondary N) is 6. The second-order valence-electron chi connectivity index (χ2n) is 14.1. The van der Waals surface area contributed by atoms with E-state index < -0.39 is 35.8 Å². The Morgan fingerprint density at radius 2 is 1.61 bits per heavy atom. The Labute approximate surface area is 332 Å². The monoisotopic (exact) mass is 781 g/mol. The van der Waals surface area contributed by atoms with Crippen molar-refractivity contribution in [2.75, 3.05) is 33.9 Å². The number of hydrogen-bond donors (Lipinski definition) is 6. The first-order valence-electron chi connectivity index (χ1n) is 19.0. The van der Waals surface area contributed by atoms with Gasteiger partial charge in [0.05, 0.1) is 19.9 Å². The van der Waals surface area contributed by atoms with Crippen LogP contribution >= 0.6 is 0 Å². The zero-order valence-corrected chi connectivity index (χ0v) is 32.7. The number of carbonyl (C=O) groups is 5. The maximum atomic E-state index is 14.1. The largest absolute Gasteiger partial charge is 0.497 e. The molecule has 3 aromatic carbocycles. The number of aryl methyl sites for hydroxylation is 1. The maximum Gasteiger partial charge on any atom is 0.269 e. The first-order valence-corrected chi connectivity index (χ1v) is 19.0. The van der Waals surface area contributed by atoms with E-state index >= 15 is 0 Å². The van der Waals surface area contributed by atoms with Gasteiger partial charge in [-0.1, -0.05) is 50.2 Å². The summed E-state index contributed by atoms with van der Waals surface area (Å²) in [5.74, 6) is -1.25. The Bertz CT molecular complexity index is 1980. The molecule has 15 nitrogen and oxygen atoms in total. The number of H-pyrrole nitrogens is 1. The first-order chi connectivity index (χ1) is 27.5. The molecular formula is C42H51N7O8. The van der Waals surface area contributed by atoms with Gasteiger partial charge in [-0.05, 0) is 85.2 Å². The molecule has 0 unspecified atom stereocenters. The lowest BCUT2D eigenvalue weighted by atomic mass is 10.00. The fourth-order valence-corrected chi connectivity index (χ4v) is 6.30. The third kappa shape index (κ3) is 12.1. The molecule has 0 saturated heterocycles. The van der Waals surface area contributed by atoms with Crippen molar-refractivity contribution in [3.63, 3.8) is 0 Å². The van der Waals surface area contributed by atoms with Crippen molar-refractivity contribution >= 4 is 29.5 Å². The predicted molar refractivity (Wildman–Crippen MR) is 213 cm³/mol. The average Bonchev–Trinajstić information content (AvgIpc) is 3.72. The normalized spacial score (nSPS) is 19.0. The third-order valence-electron chi connectivity index (χ3n) is 9.51. The second kappa shape index (κ2) is 20.5. The maximum absolute atomic E-state index is 14.1. The molecule has 302 valence electrons.